The summed E-state index contributed by atoms with van der Waals surface area (Å²) >= 11 is 1.44. The predicted molar refractivity (Wildman–Crippen MR) is 67.1 cm³/mol. The third-order valence-electron chi connectivity index (χ3n) is 2.03. The number of ether oxygens (including phenoxy) is 1. The lowest BCUT2D eigenvalue weighted by atomic mass is 10.3. The lowest BCUT2D eigenvalue weighted by molar-refractivity contribution is -0.143. The Labute approximate surface area is 104 Å². The molecule has 17 heavy (non-hydrogen) atoms. The predicted octanol–water partition coefficient (Wildman–Crippen LogP) is 1.94. The summed E-state index contributed by atoms with van der Waals surface area (Å²) in [7, 11) is 0. The molecule has 1 rings (SSSR count). The van der Waals surface area contributed by atoms with Crippen molar-refractivity contribution in [1.29, 1.82) is 0 Å². The SMILES string of the molecule is C=CCN(CC(=O)OCC)C(=O)c1ccsc1. The Hall–Kier alpha value is -1.62. The Morgan fingerprint density at radius 1 is 1.59 bits per heavy atom. The highest BCUT2D eigenvalue weighted by atomic mass is 32.1. The Balaban J connectivity index is 2.68. The molecule has 0 aliphatic heterocycles. The van der Waals surface area contributed by atoms with Crippen LogP contribution < -0.4 is 0 Å². The number of esters is 1. The van der Waals surface area contributed by atoms with Crippen LogP contribution in [0.2, 0.25) is 0 Å². The average Bonchev–Trinajstić information content (AvgIpc) is 2.81. The first kappa shape index (κ1) is 13.4. The van der Waals surface area contributed by atoms with Gasteiger partial charge in [-0.1, -0.05) is 6.08 Å². The minimum absolute atomic E-state index is 0.0471. The van der Waals surface area contributed by atoms with Crippen LogP contribution in [0.3, 0.4) is 0 Å². The third kappa shape index (κ3) is 4.03. The zero-order chi connectivity index (χ0) is 12.7. The zero-order valence-corrected chi connectivity index (χ0v) is 10.5. The number of carbonyl (C=O) groups is 2. The molecule has 4 nitrogen and oxygen atoms in total. The smallest absolute Gasteiger partial charge is 0.325 e. The highest BCUT2D eigenvalue weighted by Gasteiger charge is 2.18. The van der Waals surface area contributed by atoms with Crippen molar-refractivity contribution in [3.8, 4) is 0 Å². The minimum Gasteiger partial charge on any atom is -0.465 e. The first-order chi connectivity index (χ1) is 8.19. The summed E-state index contributed by atoms with van der Waals surface area (Å²) in [5.41, 5.74) is 0.584. The molecule has 0 aromatic carbocycles. The van der Waals surface area contributed by atoms with Crippen LogP contribution in [0.25, 0.3) is 0 Å². The lowest BCUT2D eigenvalue weighted by Crippen LogP contribution is -2.36. The van der Waals surface area contributed by atoms with Crippen molar-refractivity contribution in [1.82, 2.24) is 4.90 Å². The number of amides is 1. The van der Waals surface area contributed by atoms with E-state index in [0.717, 1.165) is 0 Å². The van der Waals surface area contributed by atoms with E-state index in [4.69, 9.17) is 4.74 Å². The van der Waals surface area contributed by atoms with Crippen LogP contribution in [0, 0.1) is 0 Å². The molecule has 0 saturated heterocycles. The number of hydrogen-bond donors (Lipinski definition) is 0. The highest BCUT2D eigenvalue weighted by Crippen LogP contribution is 2.09. The van der Waals surface area contributed by atoms with Crippen LogP contribution in [0.4, 0.5) is 0 Å². The first-order valence-corrected chi connectivity index (χ1v) is 6.21. The number of nitrogens with zero attached hydrogens (tertiary/aromatic N) is 1. The van der Waals surface area contributed by atoms with Crippen molar-refractivity contribution in [3.63, 3.8) is 0 Å². The van der Waals surface area contributed by atoms with Crippen LogP contribution in [0.15, 0.2) is 29.5 Å². The molecular weight excluding hydrogens is 238 g/mol. The summed E-state index contributed by atoms with van der Waals surface area (Å²) in [5, 5.41) is 3.58. The molecule has 0 fully saturated rings. The number of hydrogen-bond acceptors (Lipinski definition) is 4. The Morgan fingerprint density at radius 3 is 2.88 bits per heavy atom. The van der Waals surface area contributed by atoms with Gasteiger partial charge in [0.1, 0.15) is 6.54 Å². The molecule has 0 atom stereocenters. The largest absolute Gasteiger partial charge is 0.465 e. The second-order valence-electron chi connectivity index (χ2n) is 3.29. The van der Waals surface area contributed by atoms with E-state index in [1.807, 2.05) is 5.38 Å². The van der Waals surface area contributed by atoms with Gasteiger partial charge < -0.3 is 9.64 Å². The fraction of sp³-hybridized carbons (Fsp3) is 0.333. The Bertz CT molecular complexity index is 386. The molecule has 0 unspecified atom stereocenters. The maximum Gasteiger partial charge on any atom is 0.325 e. The standard InChI is InChI=1S/C12H15NO3S/c1-3-6-13(8-11(14)16-4-2)12(15)10-5-7-17-9-10/h3,5,7,9H,1,4,6,8H2,2H3. The van der Waals surface area contributed by atoms with E-state index in [9.17, 15) is 9.59 Å². The fourth-order valence-electron chi connectivity index (χ4n) is 1.31. The highest BCUT2D eigenvalue weighted by molar-refractivity contribution is 7.08. The second-order valence-corrected chi connectivity index (χ2v) is 4.07. The van der Waals surface area contributed by atoms with Crippen molar-refractivity contribution < 1.29 is 14.3 Å². The second kappa shape index (κ2) is 6.85. The molecule has 0 bridgehead atoms. The molecule has 0 spiro atoms. The summed E-state index contributed by atoms with van der Waals surface area (Å²) in [4.78, 5) is 24.8. The van der Waals surface area contributed by atoms with Gasteiger partial charge in [0.2, 0.25) is 0 Å². The summed E-state index contributed by atoms with van der Waals surface area (Å²) in [6, 6.07) is 1.73. The van der Waals surface area contributed by atoms with Gasteiger partial charge in [-0.3, -0.25) is 9.59 Å². The monoisotopic (exact) mass is 253 g/mol. The van der Waals surface area contributed by atoms with Crippen LogP contribution in [0.1, 0.15) is 17.3 Å². The van der Waals surface area contributed by atoms with Gasteiger partial charge in [0.05, 0.1) is 12.2 Å². The summed E-state index contributed by atoms with van der Waals surface area (Å²) < 4.78 is 4.82. The lowest BCUT2D eigenvalue weighted by Gasteiger charge is -2.19. The van der Waals surface area contributed by atoms with Gasteiger partial charge in [0.15, 0.2) is 0 Å². The minimum atomic E-state index is -0.405. The van der Waals surface area contributed by atoms with Crippen LogP contribution in [-0.2, 0) is 9.53 Å². The Morgan fingerprint density at radius 2 is 2.35 bits per heavy atom. The maximum atomic E-state index is 12.0. The van der Waals surface area contributed by atoms with Gasteiger partial charge in [0.25, 0.3) is 5.91 Å². The van der Waals surface area contributed by atoms with Crippen molar-refractivity contribution >= 4 is 23.2 Å². The van der Waals surface area contributed by atoms with E-state index in [0.29, 0.717) is 18.7 Å². The zero-order valence-electron chi connectivity index (χ0n) is 9.72. The Kier molecular flexibility index (Phi) is 5.42. The molecule has 1 aromatic heterocycles. The fourth-order valence-corrected chi connectivity index (χ4v) is 1.94. The van der Waals surface area contributed by atoms with E-state index < -0.39 is 5.97 Å². The van der Waals surface area contributed by atoms with Crippen molar-refractivity contribution in [2.45, 2.75) is 6.92 Å². The maximum absolute atomic E-state index is 12.0. The average molecular weight is 253 g/mol. The summed E-state index contributed by atoms with van der Waals surface area (Å²) in [6.45, 7) is 5.90. The van der Waals surface area contributed by atoms with Gasteiger partial charge in [-0.2, -0.15) is 11.3 Å². The van der Waals surface area contributed by atoms with Crippen LogP contribution in [-0.4, -0.2) is 36.5 Å². The molecule has 0 aliphatic rings. The molecule has 5 heteroatoms. The molecule has 92 valence electrons. The number of thiophene rings is 1. The molecule has 1 aromatic rings. The van der Waals surface area contributed by atoms with Gasteiger partial charge in [-0.15, -0.1) is 6.58 Å². The van der Waals surface area contributed by atoms with E-state index >= 15 is 0 Å². The normalized spacial score (nSPS) is 9.71. The summed E-state index contributed by atoms with van der Waals surface area (Å²) in [5.74, 6) is -0.586. The first-order valence-electron chi connectivity index (χ1n) is 5.27. The van der Waals surface area contributed by atoms with Crippen molar-refractivity contribution in [3.05, 3.63) is 35.0 Å². The quantitative estimate of drug-likeness (QED) is 0.575. The van der Waals surface area contributed by atoms with Crippen LogP contribution in [0.5, 0.6) is 0 Å². The van der Waals surface area contributed by atoms with Gasteiger partial charge >= 0.3 is 5.97 Å². The molecule has 1 heterocycles. The molecule has 0 saturated carbocycles. The van der Waals surface area contributed by atoms with E-state index in [2.05, 4.69) is 6.58 Å². The van der Waals surface area contributed by atoms with E-state index in [1.54, 1.807) is 24.4 Å². The topological polar surface area (TPSA) is 46.6 Å². The summed E-state index contributed by atoms with van der Waals surface area (Å²) in [6.07, 6.45) is 1.59. The molecular formula is C12H15NO3S. The van der Waals surface area contributed by atoms with Gasteiger partial charge in [0, 0.05) is 11.9 Å². The molecule has 0 aliphatic carbocycles. The van der Waals surface area contributed by atoms with Gasteiger partial charge in [-0.25, -0.2) is 0 Å². The van der Waals surface area contributed by atoms with Crippen molar-refractivity contribution in [2.24, 2.45) is 0 Å². The van der Waals surface area contributed by atoms with Crippen molar-refractivity contribution in [2.75, 3.05) is 19.7 Å². The molecule has 1 amide bonds. The van der Waals surface area contributed by atoms with E-state index in [1.165, 1.54) is 16.2 Å². The number of rotatable bonds is 6. The number of carbonyl (C=O) groups excluding carboxylic acids is 2. The molecule has 0 N–H and O–H groups in total. The van der Waals surface area contributed by atoms with Crippen LogP contribution >= 0.6 is 11.3 Å². The van der Waals surface area contributed by atoms with E-state index in [-0.39, 0.29) is 12.5 Å². The third-order valence-corrected chi connectivity index (χ3v) is 2.71. The molecule has 0 radical (unpaired) electrons. The van der Waals surface area contributed by atoms with Gasteiger partial charge in [-0.05, 0) is 18.4 Å².